The number of ether oxygens (including phenoxy) is 1. The molecule has 2 heterocycles. The van der Waals surface area contributed by atoms with Gasteiger partial charge in [-0.1, -0.05) is 0 Å². The summed E-state index contributed by atoms with van der Waals surface area (Å²) in [5.74, 6) is 1.84. The van der Waals surface area contributed by atoms with Crippen molar-refractivity contribution in [3.05, 3.63) is 0 Å². The average Bonchev–Trinajstić information content (AvgIpc) is 2.67. The Bertz CT molecular complexity index is 307. The van der Waals surface area contributed by atoms with Crippen LogP contribution in [-0.4, -0.2) is 50.2 Å². The third kappa shape index (κ3) is 2.91. The van der Waals surface area contributed by atoms with Gasteiger partial charge in [0.15, 0.2) is 0 Å². The number of rotatable bonds is 2. The highest BCUT2D eigenvalue weighted by Gasteiger charge is 2.44. The van der Waals surface area contributed by atoms with Crippen molar-refractivity contribution in [1.29, 1.82) is 0 Å². The lowest BCUT2D eigenvalue weighted by atomic mass is 9.91. The van der Waals surface area contributed by atoms with E-state index in [4.69, 9.17) is 4.74 Å². The highest BCUT2D eigenvalue weighted by Crippen LogP contribution is 2.39. The summed E-state index contributed by atoms with van der Waals surface area (Å²) in [6, 6.07) is 0. The molecule has 4 nitrogen and oxygen atoms in total. The van der Waals surface area contributed by atoms with Crippen molar-refractivity contribution >= 4 is 18.3 Å². The van der Waals surface area contributed by atoms with Gasteiger partial charge in [-0.15, -0.1) is 12.4 Å². The number of likely N-dealkylation sites (tertiary alicyclic amines) is 1. The first-order chi connectivity index (χ1) is 8.79. The van der Waals surface area contributed by atoms with Crippen molar-refractivity contribution < 1.29 is 9.53 Å². The fourth-order valence-corrected chi connectivity index (χ4v) is 4.06. The van der Waals surface area contributed by atoms with Gasteiger partial charge in [0, 0.05) is 38.0 Å². The summed E-state index contributed by atoms with van der Waals surface area (Å²) in [6.45, 7) is 3.85. The van der Waals surface area contributed by atoms with E-state index in [0.29, 0.717) is 23.8 Å². The highest BCUT2D eigenvalue weighted by molar-refractivity contribution is 5.85. The van der Waals surface area contributed by atoms with E-state index in [9.17, 15) is 4.79 Å². The van der Waals surface area contributed by atoms with Crippen LogP contribution in [0.1, 0.15) is 25.7 Å². The molecule has 19 heavy (non-hydrogen) atoms. The number of carbonyl (C=O) groups is 1. The number of amides is 1. The van der Waals surface area contributed by atoms with E-state index in [1.54, 1.807) is 0 Å². The normalized spacial score (nSPS) is 35.0. The van der Waals surface area contributed by atoms with Crippen LogP contribution in [0.15, 0.2) is 0 Å². The number of halogens is 1. The van der Waals surface area contributed by atoms with Gasteiger partial charge in [-0.25, -0.2) is 0 Å². The van der Waals surface area contributed by atoms with Crippen LogP contribution in [0.3, 0.4) is 0 Å². The molecule has 2 aliphatic heterocycles. The Morgan fingerprint density at radius 3 is 2.21 bits per heavy atom. The molecule has 5 heteroatoms. The first-order valence-electron chi connectivity index (χ1n) is 7.32. The number of hydrogen-bond donors (Lipinski definition) is 1. The number of piperidine rings is 2. The molecule has 1 aliphatic carbocycles. The Balaban J connectivity index is 0.00000133. The Labute approximate surface area is 121 Å². The van der Waals surface area contributed by atoms with Crippen molar-refractivity contribution in [2.24, 2.45) is 17.8 Å². The molecular weight excluding hydrogens is 264 g/mol. The predicted molar refractivity (Wildman–Crippen MR) is 76.4 cm³/mol. The number of methoxy groups -OCH3 is 1. The topological polar surface area (TPSA) is 41.6 Å². The third-order valence-corrected chi connectivity index (χ3v) is 5.02. The van der Waals surface area contributed by atoms with E-state index in [2.05, 4.69) is 10.2 Å². The SMILES string of the molecule is COC1[C@@H]2CC[C@H]1CN(C(=O)C1CCNCC1)C2.Cl. The number of carbonyl (C=O) groups excluding carboxylic acids is 1. The quantitative estimate of drug-likeness (QED) is 0.833. The molecule has 0 aromatic carbocycles. The highest BCUT2D eigenvalue weighted by atomic mass is 35.5. The monoisotopic (exact) mass is 288 g/mol. The molecule has 3 rings (SSSR count). The van der Waals surface area contributed by atoms with E-state index >= 15 is 0 Å². The lowest BCUT2D eigenvalue weighted by Crippen LogP contribution is -2.50. The van der Waals surface area contributed by atoms with E-state index < -0.39 is 0 Å². The van der Waals surface area contributed by atoms with Crippen LogP contribution < -0.4 is 5.32 Å². The van der Waals surface area contributed by atoms with Crippen LogP contribution in [0.2, 0.25) is 0 Å². The first-order valence-corrected chi connectivity index (χ1v) is 7.32. The Hall–Kier alpha value is -0.320. The van der Waals surface area contributed by atoms with Crippen LogP contribution in [0.4, 0.5) is 0 Å². The van der Waals surface area contributed by atoms with Gasteiger partial charge in [0.05, 0.1) is 6.10 Å². The minimum atomic E-state index is 0. The fraction of sp³-hybridized carbons (Fsp3) is 0.929. The number of nitrogens with zero attached hydrogens (tertiary/aromatic N) is 1. The molecular formula is C14H25ClN2O2. The van der Waals surface area contributed by atoms with E-state index in [-0.39, 0.29) is 18.3 Å². The van der Waals surface area contributed by atoms with Crippen molar-refractivity contribution in [2.75, 3.05) is 33.3 Å². The summed E-state index contributed by atoms with van der Waals surface area (Å²) in [5.41, 5.74) is 0. The zero-order valence-corrected chi connectivity index (χ0v) is 12.5. The maximum atomic E-state index is 12.5. The van der Waals surface area contributed by atoms with Crippen molar-refractivity contribution in [2.45, 2.75) is 31.8 Å². The lowest BCUT2D eigenvalue weighted by molar-refractivity contribution is -0.141. The smallest absolute Gasteiger partial charge is 0.225 e. The van der Waals surface area contributed by atoms with Crippen LogP contribution in [0.5, 0.6) is 0 Å². The second-order valence-electron chi connectivity index (χ2n) is 6.07. The van der Waals surface area contributed by atoms with E-state index in [1.807, 2.05) is 7.11 Å². The zero-order valence-electron chi connectivity index (χ0n) is 11.6. The van der Waals surface area contributed by atoms with Crippen molar-refractivity contribution in [3.63, 3.8) is 0 Å². The van der Waals surface area contributed by atoms with Gasteiger partial charge in [-0.2, -0.15) is 0 Å². The Kier molecular flexibility index (Phi) is 5.09. The van der Waals surface area contributed by atoms with Crippen LogP contribution >= 0.6 is 12.4 Å². The lowest BCUT2D eigenvalue weighted by Gasteiger charge is -2.39. The van der Waals surface area contributed by atoms with E-state index in [1.165, 1.54) is 12.8 Å². The predicted octanol–water partition coefficient (Wildman–Crippen LogP) is 1.29. The maximum Gasteiger partial charge on any atom is 0.225 e. The molecule has 2 bridgehead atoms. The molecule has 1 amide bonds. The van der Waals surface area contributed by atoms with Crippen LogP contribution in [0, 0.1) is 17.8 Å². The van der Waals surface area contributed by atoms with Gasteiger partial charge in [0.2, 0.25) is 5.91 Å². The summed E-state index contributed by atoms with van der Waals surface area (Å²) in [7, 11) is 1.82. The van der Waals surface area contributed by atoms with Gasteiger partial charge in [-0.05, 0) is 38.8 Å². The summed E-state index contributed by atoms with van der Waals surface area (Å²) in [6.07, 6.45) is 4.90. The summed E-state index contributed by atoms with van der Waals surface area (Å²) < 4.78 is 5.60. The molecule has 3 fully saturated rings. The molecule has 1 N–H and O–H groups in total. The molecule has 0 aromatic rings. The van der Waals surface area contributed by atoms with E-state index in [0.717, 1.165) is 39.0 Å². The summed E-state index contributed by atoms with van der Waals surface area (Å²) in [5, 5.41) is 3.33. The molecule has 3 atom stereocenters. The standard InChI is InChI=1S/C14H24N2O2.ClH/c1-18-13-11-2-3-12(13)9-16(8-11)14(17)10-4-6-15-7-5-10;/h10-13,15H,2-9H2,1H3;1H/t11-,12+,13?;. The second kappa shape index (κ2) is 6.42. The molecule has 2 saturated heterocycles. The molecule has 3 aliphatic rings. The van der Waals surface area contributed by atoms with Gasteiger partial charge in [0.25, 0.3) is 0 Å². The van der Waals surface area contributed by atoms with Crippen LogP contribution in [-0.2, 0) is 9.53 Å². The molecule has 1 unspecified atom stereocenters. The summed E-state index contributed by atoms with van der Waals surface area (Å²) >= 11 is 0. The Morgan fingerprint density at radius 2 is 1.68 bits per heavy atom. The molecule has 110 valence electrons. The number of fused-ring (bicyclic) bond motifs is 2. The number of nitrogens with one attached hydrogen (secondary N) is 1. The maximum absolute atomic E-state index is 12.5. The molecule has 0 spiro atoms. The van der Waals surface area contributed by atoms with Crippen LogP contribution in [0.25, 0.3) is 0 Å². The van der Waals surface area contributed by atoms with Crippen molar-refractivity contribution in [3.8, 4) is 0 Å². The minimum Gasteiger partial charge on any atom is -0.381 e. The fourth-order valence-electron chi connectivity index (χ4n) is 4.06. The minimum absolute atomic E-state index is 0. The largest absolute Gasteiger partial charge is 0.381 e. The number of hydrogen-bond acceptors (Lipinski definition) is 3. The summed E-state index contributed by atoms with van der Waals surface area (Å²) in [4.78, 5) is 14.7. The molecule has 1 saturated carbocycles. The van der Waals surface area contributed by atoms with Gasteiger partial charge in [-0.3, -0.25) is 4.79 Å². The zero-order chi connectivity index (χ0) is 12.5. The third-order valence-electron chi connectivity index (χ3n) is 5.02. The molecule has 0 radical (unpaired) electrons. The van der Waals surface area contributed by atoms with Crippen molar-refractivity contribution in [1.82, 2.24) is 10.2 Å². The average molecular weight is 289 g/mol. The van der Waals surface area contributed by atoms with Gasteiger partial charge in [0.1, 0.15) is 0 Å². The first kappa shape index (κ1) is 15.1. The second-order valence-corrected chi connectivity index (χ2v) is 6.07. The Morgan fingerprint density at radius 1 is 1.11 bits per heavy atom. The molecule has 0 aromatic heterocycles. The van der Waals surface area contributed by atoms with Gasteiger partial charge < -0.3 is 15.0 Å². The van der Waals surface area contributed by atoms with Gasteiger partial charge >= 0.3 is 0 Å².